The molecule has 0 radical (unpaired) electrons. The summed E-state index contributed by atoms with van der Waals surface area (Å²) in [5.74, 6) is 0. The van der Waals surface area contributed by atoms with Crippen molar-refractivity contribution in [1.82, 2.24) is 0 Å². The zero-order chi connectivity index (χ0) is 4.50. The third kappa shape index (κ3) is 776000. The van der Waals surface area contributed by atoms with Gasteiger partial charge in [0, 0.05) is 10.4 Å². The molecule has 14 heteroatoms. The monoisotopic (exact) mass is 298 g/mol. The van der Waals surface area contributed by atoms with Crippen LogP contribution in [0.25, 0.3) is 0 Å². The molecule has 0 heterocycles. The molecule has 16 N–H and O–H groups in total. The van der Waals surface area contributed by atoms with E-state index in [1.165, 1.54) is 0 Å². The zero-order valence-corrected chi connectivity index (χ0v) is 8.16. The Morgan fingerprint density at radius 1 is 0.571 bits per heavy atom. The summed E-state index contributed by atoms with van der Waals surface area (Å²) in [6.45, 7) is 0. The van der Waals surface area contributed by atoms with Crippen LogP contribution in [0.15, 0.2) is 0 Å². The molecule has 0 bridgehead atoms. The topological polar surface area (TPSA) is 332 Å². The van der Waals surface area contributed by atoms with Crippen molar-refractivity contribution in [2.75, 3.05) is 0 Å². The summed E-state index contributed by atoms with van der Waals surface area (Å²) >= 11 is 0. The summed E-state index contributed by atoms with van der Waals surface area (Å²) in [4.78, 5) is 0. The van der Waals surface area contributed by atoms with E-state index >= 15 is 0 Å². The van der Waals surface area contributed by atoms with Crippen molar-refractivity contribution >= 4 is 10.4 Å². The van der Waals surface area contributed by atoms with Crippen LogP contribution in [0.1, 0.15) is 0 Å². The number of hydrogen-bond donors (Lipinski definition) is 0. The van der Waals surface area contributed by atoms with Gasteiger partial charge in [-0.2, -0.15) is 0 Å². The minimum atomic E-state index is -5.17. The van der Waals surface area contributed by atoms with Gasteiger partial charge >= 0.3 is 16.5 Å². The molecule has 0 saturated carbocycles. The van der Waals surface area contributed by atoms with E-state index < -0.39 is 10.4 Å². The van der Waals surface area contributed by atoms with E-state index in [1.54, 1.807) is 0 Å². The van der Waals surface area contributed by atoms with E-state index in [2.05, 4.69) is 0 Å². The SMILES string of the molecule is O.O.O.O.O.O.O.O.O=S(=O)([O-])[O-].[Ni+2]. The van der Waals surface area contributed by atoms with Crippen molar-refractivity contribution in [3.8, 4) is 0 Å². The third-order valence-corrected chi connectivity index (χ3v) is 0. The van der Waals surface area contributed by atoms with Gasteiger partial charge in [-0.15, -0.1) is 0 Å². The first-order chi connectivity index (χ1) is 2.00. The molecule has 0 fully saturated rings. The average Bonchev–Trinajstić information content (AvgIpc) is 0.722. The zero-order valence-electron chi connectivity index (χ0n) is 6.36. The van der Waals surface area contributed by atoms with E-state index in [0.717, 1.165) is 0 Å². The van der Waals surface area contributed by atoms with Gasteiger partial charge in [0.25, 0.3) is 0 Å². The van der Waals surface area contributed by atoms with E-state index in [-0.39, 0.29) is 60.3 Å². The summed E-state index contributed by atoms with van der Waals surface area (Å²) in [5.41, 5.74) is 0. The van der Waals surface area contributed by atoms with Crippen LogP contribution >= 0.6 is 0 Å². The summed E-state index contributed by atoms with van der Waals surface area (Å²) in [5, 5.41) is 0. The van der Waals surface area contributed by atoms with Crippen LogP contribution in [0.4, 0.5) is 0 Å². The molecule has 12 nitrogen and oxygen atoms in total. The van der Waals surface area contributed by atoms with Gasteiger partial charge in [-0.05, 0) is 0 Å². The molecule has 0 spiro atoms. The molecule has 0 rings (SSSR count). The number of rotatable bonds is 0. The smallest absolute Gasteiger partial charge is 0.759 e. The Morgan fingerprint density at radius 3 is 0.571 bits per heavy atom. The quantitative estimate of drug-likeness (QED) is 0.238. The molecule has 0 amide bonds. The van der Waals surface area contributed by atoms with Gasteiger partial charge in [0.05, 0.1) is 0 Å². The third-order valence-electron chi connectivity index (χ3n) is 0. The molecule has 104 valence electrons. The van der Waals surface area contributed by atoms with Crippen LogP contribution < -0.4 is 0 Å². The molecule has 0 aromatic carbocycles. The largest absolute Gasteiger partial charge is 2.00 e. The number of hydrogen-bond acceptors (Lipinski definition) is 4. The fourth-order valence-electron chi connectivity index (χ4n) is 0. The van der Waals surface area contributed by atoms with E-state index in [4.69, 9.17) is 17.5 Å². The first-order valence-electron chi connectivity index (χ1n) is 0.667. The van der Waals surface area contributed by atoms with Gasteiger partial charge in [-0.3, -0.25) is 8.42 Å². The van der Waals surface area contributed by atoms with Gasteiger partial charge in [0.15, 0.2) is 0 Å². The van der Waals surface area contributed by atoms with Crippen LogP contribution in [-0.4, -0.2) is 61.3 Å². The molecule has 0 aliphatic carbocycles. The summed E-state index contributed by atoms with van der Waals surface area (Å²) < 4.78 is 34.1. The Morgan fingerprint density at radius 2 is 0.571 bits per heavy atom. The maximum atomic E-state index is 8.52. The van der Waals surface area contributed by atoms with Crippen LogP contribution in [0.5, 0.6) is 0 Å². The molecule has 0 aliphatic heterocycles. The Kier molecular flexibility index (Phi) is 541. The fourth-order valence-corrected chi connectivity index (χ4v) is 0. The molecular formula is H16NiO12S. The Hall–Kier alpha value is 0.0435. The summed E-state index contributed by atoms with van der Waals surface area (Å²) in [7, 11) is -5.17. The van der Waals surface area contributed by atoms with Crippen molar-refractivity contribution < 1.29 is 77.8 Å². The Balaban J connectivity index is -0.00000000222. The molecule has 0 saturated heterocycles. The molecule has 0 atom stereocenters. The van der Waals surface area contributed by atoms with Crippen molar-refractivity contribution in [3.63, 3.8) is 0 Å². The second-order valence-corrected chi connectivity index (χ2v) is 1.22. The molecule has 0 aromatic rings. The molecule has 0 unspecified atom stereocenters. The van der Waals surface area contributed by atoms with Gasteiger partial charge in [-0.25, -0.2) is 0 Å². The molecule has 14 heavy (non-hydrogen) atoms. The summed E-state index contributed by atoms with van der Waals surface area (Å²) in [6.07, 6.45) is 0. The maximum Gasteiger partial charge on any atom is 2.00 e. The van der Waals surface area contributed by atoms with Crippen LogP contribution in [0, 0.1) is 0 Å². The Bertz CT molecular complexity index is 93.5. The van der Waals surface area contributed by atoms with Gasteiger partial charge in [0.1, 0.15) is 0 Å². The second kappa shape index (κ2) is 51.8. The standard InChI is InChI=1S/Ni.H2O4S.8H2O/c;1-5(2,3)4;;;;;;;;/h;(H2,1,2,3,4);8*1H2/q+2;;;;;;;;;/p-2. The van der Waals surface area contributed by atoms with E-state index in [1.807, 2.05) is 0 Å². The molecule has 0 aromatic heterocycles. The fraction of sp³-hybridized carbons (Fsp3) is 0. The van der Waals surface area contributed by atoms with Crippen molar-refractivity contribution in [2.24, 2.45) is 0 Å². The first-order valence-corrected chi connectivity index (χ1v) is 2.00. The minimum absolute atomic E-state index is 0. The Labute approximate surface area is 88.9 Å². The molecular weight excluding hydrogens is 283 g/mol. The van der Waals surface area contributed by atoms with E-state index in [0.29, 0.717) is 0 Å². The minimum Gasteiger partial charge on any atom is -0.759 e. The van der Waals surface area contributed by atoms with Crippen molar-refractivity contribution in [1.29, 1.82) is 0 Å². The average molecular weight is 299 g/mol. The van der Waals surface area contributed by atoms with Crippen molar-refractivity contribution in [2.45, 2.75) is 0 Å². The summed E-state index contributed by atoms with van der Waals surface area (Å²) in [6, 6.07) is 0. The predicted molar refractivity (Wildman–Crippen MR) is 39.4 cm³/mol. The van der Waals surface area contributed by atoms with Gasteiger partial charge < -0.3 is 52.9 Å². The second-order valence-electron chi connectivity index (χ2n) is 0.408. The molecule has 0 aliphatic rings. The van der Waals surface area contributed by atoms with Gasteiger partial charge in [-0.1, -0.05) is 0 Å². The maximum absolute atomic E-state index is 8.52. The van der Waals surface area contributed by atoms with Crippen LogP contribution in [0.3, 0.4) is 0 Å². The van der Waals surface area contributed by atoms with Crippen LogP contribution in [0.2, 0.25) is 0 Å². The van der Waals surface area contributed by atoms with E-state index in [9.17, 15) is 0 Å². The predicted octanol–water partition coefficient (Wildman–Crippen LogP) is -7.94. The van der Waals surface area contributed by atoms with Crippen molar-refractivity contribution in [3.05, 3.63) is 0 Å². The first kappa shape index (κ1) is 146. The normalized spacial score (nSPS) is 4.14. The van der Waals surface area contributed by atoms with Gasteiger partial charge in [0.2, 0.25) is 0 Å². The van der Waals surface area contributed by atoms with Crippen LogP contribution in [-0.2, 0) is 26.9 Å².